The molecule has 0 aromatic carbocycles. The second-order valence-electron chi connectivity index (χ2n) is 6.19. The third-order valence-corrected chi connectivity index (χ3v) is 2.41. The maximum absolute atomic E-state index is 11.6. The molecule has 0 aliphatic heterocycles. The van der Waals surface area contributed by atoms with E-state index >= 15 is 0 Å². The van der Waals surface area contributed by atoms with E-state index in [1.807, 2.05) is 20.8 Å². The number of carbonyl (C=O) groups excluding carboxylic acids is 1. The van der Waals surface area contributed by atoms with Crippen molar-refractivity contribution in [3.63, 3.8) is 0 Å². The molecule has 5 nitrogen and oxygen atoms in total. The molecule has 5 heteroatoms. The van der Waals surface area contributed by atoms with Crippen LogP contribution in [-0.2, 0) is 4.79 Å². The Kier molecular flexibility index (Phi) is 8.19. The van der Waals surface area contributed by atoms with Crippen LogP contribution >= 0.6 is 0 Å². The molecule has 0 radical (unpaired) electrons. The van der Waals surface area contributed by atoms with Crippen molar-refractivity contribution >= 4 is 11.9 Å². The number of guanidine groups is 1. The van der Waals surface area contributed by atoms with Crippen molar-refractivity contribution in [2.45, 2.75) is 53.0 Å². The molecule has 0 aliphatic rings. The van der Waals surface area contributed by atoms with E-state index < -0.39 is 0 Å². The number of aliphatic imine (C=N–C) groups is 1. The zero-order valence-electron chi connectivity index (χ0n) is 13.3. The third kappa shape index (κ3) is 11.6. The Morgan fingerprint density at radius 3 is 2.32 bits per heavy atom. The topological polar surface area (TPSA) is 65.5 Å². The molecule has 0 spiro atoms. The smallest absolute Gasteiger partial charge is 0.239 e. The fourth-order valence-electron chi connectivity index (χ4n) is 1.56. The fraction of sp³-hybridized carbons (Fsp3) is 0.857. The molecule has 0 aliphatic carbocycles. The van der Waals surface area contributed by atoms with Crippen LogP contribution < -0.4 is 16.0 Å². The van der Waals surface area contributed by atoms with E-state index in [-0.39, 0.29) is 18.0 Å². The third-order valence-electron chi connectivity index (χ3n) is 2.41. The van der Waals surface area contributed by atoms with E-state index in [4.69, 9.17) is 0 Å². The maximum atomic E-state index is 11.6. The summed E-state index contributed by atoms with van der Waals surface area (Å²) in [6, 6.07) is 0. The second kappa shape index (κ2) is 8.77. The van der Waals surface area contributed by atoms with Gasteiger partial charge in [0.15, 0.2) is 5.96 Å². The largest absolute Gasteiger partial charge is 0.356 e. The first kappa shape index (κ1) is 17.7. The predicted octanol–water partition coefficient (Wildman–Crippen LogP) is 1.50. The Hall–Kier alpha value is -1.26. The zero-order valence-corrected chi connectivity index (χ0v) is 13.3. The highest BCUT2D eigenvalue weighted by atomic mass is 16.2. The lowest BCUT2D eigenvalue weighted by Gasteiger charge is -2.21. The Morgan fingerprint density at radius 1 is 1.21 bits per heavy atom. The standard InChI is InChI=1S/C14H30N4O/c1-11(2)8-7-9-16-13(15-6)17-10-12(19)18-14(3,4)5/h11H,7-10H2,1-6H3,(H,18,19)(H2,15,16,17). The molecule has 0 saturated heterocycles. The van der Waals surface area contributed by atoms with E-state index in [1.165, 1.54) is 6.42 Å². The minimum absolute atomic E-state index is 0.0300. The number of hydrogen-bond donors (Lipinski definition) is 3. The van der Waals surface area contributed by atoms with Gasteiger partial charge in [0.05, 0.1) is 6.54 Å². The van der Waals surface area contributed by atoms with Crippen molar-refractivity contribution in [2.24, 2.45) is 10.9 Å². The van der Waals surface area contributed by atoms with Gasteiger partial charge in [0.25, 0.3) is 0 Å². The van der Waals surface area contributed by atoms with Gasteiger partial charge in [0, 0.05) is 19.1 Å². The predicted molar refractivity (Wildman–Crippen MR) is 81.3 cm³/mol. The number of carbonyl (C=O) groups is 1. The van der Waals surface area contributed by atoms with Gasteiger partial charge in [-0.3, -0.25) is 9.79 Å². The Bertz CT molecular complexity index is 292. The summed E-state index contributed by atoms with van der Waals surface area (Å²) in [5.74, 6) is 1.36. The first-order valence-corrected chi connectivity index (χ1v) is 7.00. The van der Waals surface area contributed by atoms with Crippen LogP contribution in [0.15, 0.2) is 4.99 Å². The average molecular weight is 270 g/mol. The molecule has 19 heavy (non-hydrogen) atoms. The number of nitrogens with one attached hydrogen (secondary N) is 3. The highest BCUT2D eigenvalue weighted by Gasteiger charge is 2.13. The van der Waals surface area contributed by atoms with Crippen LogP contribution in [0.3, 0.4) is 0 Å². The van der Waals surface area contributed by atoms with E-state index in [9.17, 15) is 4.79 Å². The van der Waals surface area contributed by atoms with Crippen LogP contribution in [0, 0.1) is 5.92 Å². The van der Waals surface area contributed by atoms with Crippen molar-refractivity contribution in [3.05, 3.63) is 0 Å². The molecular weight excluding hydrogens is 240 g/mol. The zero-order chi connectivity index (χ0) is 14.9. The molecule has 0 aromatic rings. The molecule has 0 fully saturated rings. The van der Waals surface area contributed by atoms with Gasteiger partial charge in [-0.1, -0.05) is 13.8 Å². The van der Waals surface area contributed by atoms with Crippen LogP contribution in [0.1, 0.15) is 47.5 Å². The Labute approximate surface area is 117 Å². The van der Waals surface area contributed by atoms with Crippen molar-refractivity contribution in [1.82, 2.24) is 16.0 Å². The summed E-state index contributed by atoms with van der Waals surface area (Å²) in [5, 5.41) is 9.11. The molecule has 0 heterocycles. The van der Waals surface area contributed by atoms with Crippen LogP contribution in [0.2, 0.25) is 0 Å². The van der Waals surface area contributed by atoms with E-state index in [0.29, 0.717) is 11.9 Å². The van der Waals surface area contributed by atoms with E-state index in [0.717, 1.165) is 13.0 Å². The molecule has 0 unspecified atom stereocenters. The molecule has 3 N–H and O–H groups in total. The van der Waals surface area contributed by atoms with Gasteiger partial charge in [-0.15, -0.1) is 0 Å². The Balaban J connectivity index is 3.86. The molecule has 0 rings (SSSR count). The van der Waals surface area contributed by atoms with Crippen molar-refractivity contribution in [3.8, 4) is 0 Å². The average Bonchev–Trinajstić information content (AvgIpc) is 2.25. The summed E-state index contributed by atoms with van der Waals surface area (Å²) in [4.78, 5) is 15.7. The van der Waals surface area contributed by atoms with Gasteiger partial charge in [0.2, 0.25) is 5.91 Å². The number of nitrogens with zero attached hydrogens (tertiary/aromatic N) is 1. The molecule has 0 saturated carbocycles. The lowest BCUT2D eigenvalue weighted by atomic mass is 10.1. The molecule has 112 valence electrons. The highest BCUT2D eigenvalue weighted by molar-refractivity contribution is 5.86. The number of hydrogen-bond acceptors (Lipinski definition) is 2. The SMILES string of the molecule is CN=C(NCCCC(C)C)NCC(=O)NC(C)(C)C. The first-order chi connectivity index (χ1) is 8.74. The van der Waals surface area contributed by atoms with Crippen LogP contribution in [0.25, 0.3) is 0 Å². The monoisotopic (exact) mass is 270 g/mol. The summed E-state index contributed by atoms with van der Waals surface area (Å²) < 4.78 is 0. The van der Waals surface area contributed by atoms with Gasteiger partial charge in [0.1, 0.15) is 0 Å². The lowest BCUT2D eigenvalue weighted by Crippen LogP contribution is -2.48. The lowest BCUT2D eigenvalue weighted by molar-refractivity contribution is -0.121. The summed E-state index contributed by atoms with van der Waals surface area (Å²) in [5.41, 5.74) is -0.201. The molecule has 0 atom stereocenters. The fourth-order valence-corrected chi connectivity index (χ4v) is 1.56. The van der Waals surface area contributed by atoms with E-state index in [2.05, 4.69) is 34.8 Å². The normalized spacial score (nSPS) is 12.5. The van der Waals surface area contributed by atoms with Gasteiger partial charge in [-0.05, 0) is 39.5 Å². The molecular formula is C14H30N4O. The summed E-state index contributed by atoms with van der Waals surface area (Å²) >= 11 is 0. The van der Waals surface area contributed by atoms with Crippen LogP contribution in [-0.4, -0.2) is 37.5 Å². The summed E-state index contributed by atoms with van der Waals surface area (Å²) in [6.45, 7) is 11.4. The molecule has 1 amide bonds. The van der Waals surface area contributed by atoms with Crippen molar-refractivity contribution in [2.75, 3.05) is 20.1 Å². The Morgan fingerprint density at radius 2 is 1.84 bits per heavy atom. The summed E-state index contributed by atoms with van der Waals surface area (Å²) in [7, 11) is 1.71. The van der Waals surface area contributed by atoms with Crippen molar-refractivity contribution < 1.29 is 4.79 Å². The minimum atomic E-state index is -0.201. The quantitative estimate of drug-likeness (QED) is 0.389. The molecule has 0 aromatic heterocycles. The van der Waals surface area contributed by atoms with Gasteiger partial charge in [-0.2, -0.15) is 0 Å². The van der Waals surface area contributed by atoms with Crippen LogP contribution in [0.4, 0.5) is 0 Å². The summed E-state index contributed by atoms with van der Waals surface area (Å²) in [6.07, 6.45) is 2.29. The first-order valence-electron chi connectivity index (χ1n) is 7.00. The number of amides is 1. The maximum Gasteiger partial charge on any atom is 0.239 e. The van der Waals surface area contributed by atoms with Gasteiger partial charge in [-0.25, -0.2) is 0 Å². The number of rotatable bonds is 6. The van der Waals surface area contributed by atoms with Crippen LogP contribution in [0.5, 0.6) is 0 Å². The molecule has 0 bridgehead atoms. The van der Waals surface area contributed by atoms with Crippen molar-refractivity contribution in [1.29, 1.82) is 0 Å². The van der Waals surface area contributed by atoms with Gasteiger partial charge >= 0.3 is 0 Å². The minimum Gasteiger partial charge on any atom is -0.356 e. The van der Waals surface area contributed by atoms with E-state index in [1.54, 1.807) is 7.05 Å². The highest BCUT2D eigenvalue weighted by Crippen LogP contribution is 2.01. The van der Waals surface area contributed by atoms with Gasteiger partial charge < -0.3 is 16.0 Å². The second-order valence-corrected chi connectivity index (χ2v) is 6.19.